The first kappa shape index (κ1) is 5.38. The smallest absolute Gasteiger partial charge is 0.223 e. The van der Waals surface area contributed by atoms with E-state index in [1.807, 2.05) is 11.3 Å². The first-order valence-corrected chi connectivity index (χ1v) is 4.02. The summed E-state index contributed by atoms with van der Waals surface area (Å²) >= 11 is 1.83. The van der Waals surface area contributed by atoms with Crippen LogP contribution in [0.4, 0.5) is 0 Å². The third-order valence-corrected chi connectivity index (χ3v) is 2.57. The fourth-order valence-corrected chi connectivity index (χ4v) is 1.93. The van der Waals surface area contributed by atoms with Gasteiger partial charge in [-0.05, 0) is 0 Å². The number of hydrogen-bond donors (Lipinski definition) is 1. The lowest BCUT2D eigenvalue weighted by Crippen LogP contribution is -2.26. The summed E-state index contributed by atoms with van der Waals surface area (Å²) in [6.07, 6.45) is 1.20. The van der Waals surface area contributed by atoms with Crippen LogP contribution in [0.1, 0.15) is 10.6 Å². The standard InChI is InChI=1S/C6H8N2S/c1-2-7-3-5-6(1)9-4-8-5/h4,7H,1-3H2/p+1. The van der Waals surface area contributed by atoms with Crippen LogP contribution in [0.2, 0.25) is 0 Å². The maximum atomic E-state index is 3.30. The molecule has 3 heteroatoms. The van der Waals surface area contributed by atoms with Gasteiger partial charge in [0.2, 0.25) is 11.2 Å². The zero-order valence-electron chi connectivity index (χ0n) is 5.11. The number of aromatic nitrogens is 1. The van der Waals surface area contributed by atoms with Crippen LogP contribution in [-0.4, -0.2) is 6.54 Å². The van der Waals surface area contributed by atoms with Gasteiger partial charge in [-0.2, -0.15) is 0 Å². The molecule has 1 aromatic heterocycles. The van der Waals surface area contributed by atoms with Gasteiger partial charge in [-0.25, -0.2) is 4.98 Å². The molecule has 48 valence electrons. The van der Waals surface area contributed by atoms with Crippen LogP contribution in [0.5, 0.6) is 0 Å². The van der Waals surface area contributed by atoms with Gasteiger partial charge in [-0.15, -0.1) is 0 Å². The van der Waals surface area contributed by atoms with E-state index in [2.05, 4.69) is 15.8 Å². The lowest BCUT2D eigenvalue weighted by Gasteiger charge is -2.05. The SMILES string of the molecule is c1[nH+]c2c(s1)CCNC2. The van der Waals surface area contributed by atoms with Crippen LogP contribution < -0.4 is 10.3 Å². The quantitative estimate of drug-likeness (QED) is 0.549. The van der Waals surface area contributed by atoms with E-state index in [-0.39, 0.29) is 0 Å². The van der Waals surface area contributed by atoms with E-state index in [9.17, 15) is 0 Å². The van der Waals surface area contributed by atoms with Crippen molar-refractivity contribution in [3.8, 4) is 0 Å². The van der Waals surface area contributed by atoms with Crippen LogP contribution in [-0.2, 0) is 13.0 Å². The zero-order valence-corrected chi connectivity index (χ0v) is 5.92. The van der Waals surface area contributed by atoms with Crippen molar-refractivity contribution in [2.24, 2.45) is 0 Å². The summed E-state index contributed by atoms with van der Waals surface area (Å²) in [4.78, 5) is 4.74. The van der Waals surface area contributed by atoms with Crippen molar-refractivity contribution in [3.63, 3.8) is 0 Å². The van der Waals surface area contributed by atoms with E-state index in [1.54, 1.807) is 0 Å². The highest BCUT2D eigenvalue weighted by atomic mass is 32.1. The Morgan fingerprint density at radius 2 is 2.67 bits per heavy atom. The molecule has 2 nitrogen and oxygen atoms in total. The minimum absolute atomic E-state index is 1.03. The second-order valence-electron chi connectivity index (χ2n) is 2.21. The lowest BCUT2D eigenvalue weighted by atomic mass is 10.2. The second kappa shape index (κ2) is 2.08. The average Bonchev–Trinajstić information content (AvgIpc) is 2.33. The van der Waals surface area contributed by atoms with Crippen LogP contribution in [0.25, 0.3) is 0 Å². The monoisotopic (exact) mass is 141 g/mol. The van der Waals surface area contributed by atoms with Crippen molar-refractivity contribution in [1.29, 1.82) is 0 Å². The lowest BCUT2D eigenvalue weighted by molar-refractivity contribution is -0.384. The Bertz CT molecular complexity index is 186. The van der Waals surface area contributed by atoms with Gasteiger partial charge in [0.25, 0.3) is 0 Å². The van der Waals surface area contributed by atoms with Crippen LogP contribution in [0.15, 0.2) is 5.51 Å². The highest BCUT2D eigenvalue weighted by molar-refractivity contribution is 7.09. The number of fused-ring (bicyclic) bond motifs is 1. The fourth-order valence-electron chi connectivity index (χ4n) is 1.10. The van der Waals surface area contributed by atoms with Crippen molar-refractivity contribution in [2.75, 3.05) is 6.54 Å². The summed E-state index contributed by atoms with van der Waals surface area (Å²) in [5, 5.41) is 3.30. The maximum absolute atomic E-state index is 3.30. The van der Waals surface area contributed by atoms with Gasteiger partial charge in [-0.3, -0.25) is 0 Å². The molecule has 0 amide bonds. The Kier molecular flexibility index (Phi) is 1.24. The van der Waals surface area contributed by atoms with Gasteiger partial charge in [0.1, 0.15) is 0 Å². The maximum Gasteiger partial charge on any atom is 0.223 e. The molecule has 0 atom stereocenters. The van der Waals surface area contributed by atoms with Gasteiger partial charge in [0.05, 0.1) is 11.4 Å². The Balaban J connectivity index is 2.39. The van der Waals surface area contributed by atoms with Crippen molar-refractivity contribution in [3.05, 3.63) is 16.1 Å². The molecule has 1 aliphatic heterocycles. The van der Waals surface area contributed by atoms with E-state index in [1.165, 1.54) is 17.0 Å². The fraction of sp³-hybridized carbons (Fsp3) is 0.500. The molecule has 0 bridgehead atoms. The van der Waals surface area contributed by atoms with Crippen molar-refractivity contribution in [1.82, 2.24) is 5.32 Å². The third-order valence-electron chi connectivity index (χ3n) is 1.60. The third kappa shape index (κ3) is 0.862. The Morgan fingerprint density at radius 1 is 1.67 bits per heavy atom. The molecule has 1 aromatic rings. The van der Waals surface area contributed by atoms with Gasteiger partial charge in [-0.1, -0.05) is 11.3 Å². The Hall–Kier alpha value is -0.410. The van der Waals surface area contributed by atoms with Gasteiger partial charge >= 0.3 is 0 Å². The summed E-state index contributed by atoms with van der Waals surface area (Å²) in [7, 11) is 0. The first-order chi connectivity index (χ1) is 4.47. The minimum Gasteiger partial charge on any atom is -0.307 e. The molecule has 0 unspecified atom stereocenters. The molecular formula is C6H9N2S+. The van der Waals surface area contributed by atoms with Crippen molar-refractivity contribution < 1.29 is 4.98 Å². The molecule has 0 saturated carbocycles. The summed E-state index contributed by atoms with van der Waals surface area (Å²) in [6.45, 7) is 2.17. The molecule has 0 aromatic carbocycles. The largest absolute Gasteiger partial charge is 0.307 e. The van der Waals surface area contributed by atoms with Crippen LogP contribution in [0, 0.1) is 0 Å². The Labute approximate surface area is 57.9 Å². The number of nitrogens with one attached hydrogen (secondary N) is 2. The minimum atomic E-state index is 1.03. The number of hydrogen-bond acceptors (Lipinski definition) is 2. The molecule has 2 N–H and O–H groups in total. The highest BCUT2D eigenvalue weighted by Crippen LogP contribution is 2.12. The highest BCUT2D eigenvalue weighted by Gasteiger charge is 2.14. The van der Waals surface area contributed by atoms with E-state index in [4.69, 9.17) is 0 Å². The van der Waals surface area contributed by atoms with E-state index < -0.39 is 0 Å². The number of rotatable bonds is 0. The van der Waals surface area contributed by atoms with E-state index in [0.29, 0.717) is 0 Å². The molecule has 2 heterocycles. The summed E-state index contributed by atoms with van der Waals surface area (Å²) in [5.41, 5.74) is 3.43. The predicted octanol–water partition coefficient (Wildman–Crippen LogP) is 0.208. The molecule has 0 radical (unpaired) electrons. The Morgan fingerprint density at radius 3 is 3.56 bits per heavy atom. The summed E-state index contributed by atoms with van der Waals surface area (Å²) in [5.74, 6) is 0. The number of aromatic amines is 1. The van der Waals surface area contributed by atoms with Crippen molar-refractivity contribution >= 4 is 11.3 Å². The van der Waals surface area contributed by atoms with Gasteiger partial charge < -0.3 is 5.32 Å². The molecule has 0 saturated heterocycles. The number of H-pyrrole nitrogens is 1. The second-order valence-corrected chi connectivity index (χ2v) is 3.17. The van der Waals surface area contributed by atoms with Crippen molar-refractivity contribution in [2.45, 2.75) is 13.0 Å². The van der Waals surface area contributed by atoms with E-state index in [0.717, 1.165) is 13.1 Å². The molecule has 0 fully saturated rings. The molecule has 0 aliphatic carbocycles. The predicted molar refractivity (Wildman–Crippen MR) is 36.3 cm³/mol. The number of thiazole rings is 1. The van der Waals surface area contributed by atoms with E-state index >= 15 is 0 Å². The first-order valence-electron chi connectivity index (χ1n) is 3.14. The average molecular weight is 141 g/mol. The molecular weight excluding hydrogens is 132 g/mol. The molecule has 1 aliphatic rings. The van der Waals surface area contributed by atoms with Gasteiger partial charge in [0.15, 0.2) is 0 Å². The van der Waals surface area contributed by atoms with Gasteiger partial charge in [0, 0.05) is 13.0 Å². The van der Waals surface area contributed by atoms with Crippen LogP contribution >= 0.6 is 11.3 Å². The molecule has 9 heavy (non-hydrogen) atoms. The molecule has 0 spiro atoms. The molecule has 2 rings (SSSR count). The summed E-state index contributed by atoms with van der Waals surface area (Å²) < 4.78 is 0. The zero-order chi connectivity index (χ0) is 6.10. The normalized spacial score (nSPS) is 17.3. The van der Waals surface area contributed by atoms with Crippen LogP contribution in [0.3, 0.4) is 0 Å². The topological polar surface area (TPSA) is 26.2 Å². The summed E-state index contributed by atoms with van der Waals surface area (Å²) in [6, 6.07) is 0.